The Morgan fingerprint density at radius 1 is 1.67 bits per heavy atom. The molecule has 5 heteroatoms. The van der Waals surface area contributed by atoms with E-state index in [0.717, 1.165) is 5.70 Å². The second-order valence-corrected chi connectivity index (χ2v) is 2.51. The Morgan fingerprint density at radius 2 is 2.33 bits per heavy atom. The summed E-state index contributed by atoms with van der Waals surface area (Å²) in [7, 11) is 2.15. The summed E-state index contributed by atoms with van der Waals surface area (Å²) in [6.45, 7) is 4.10. The molecular weight excluding hydrogens is 250 g/mol. The second kappa shape index (κ2) is 5.87. The molecule has 1 unspecified atom stereocenters. The molecule has 0 bridgehead atoms. The zero-order chi connectivity index (χ0) is 8.27. The fourth-order valence-corrected chi connectivity index (χ4v) is 0.932. The van der Waals surface area contributed by atoms with Crippen molar-refractivity contribution < 1.29 is 42.3 Å². The first-order valence-electron chi connectivity index (χ1n) is 3.11. The van der Waals surface area contributed by atoms with Crippen LogP contribution in [0.2, 0.25) is 0 Å². The monoisotopic (exact) mass is 260 g/mol. The van der Waals surface area contributed by atoms with Gasteiger partial charge < -0.3 is 14.9 Å². The first-order valence-corrected chi connectivity index (χ1v) is 3.58. The Bertz CT molecular complexity index is 238. The van der Waals surface area contributed by atoms with Crippen molar-refractivity contribution in [1.82, 2.24) is 5.32 Å². The third-order valence-corrected chi connectivity index (χ3v) is 1.48. The minimum absolute atomic E-state index is 0. The molecule has 0 saturated heterocycles. The topological polar surface area (TPSA) is 41.5 Å². The summed E-state index contributed by atoms with van der Waals surface area (Å²) in [6, 6.07) is 0. The standard InChI is InChI=1S/C7H10NO2P.Y/c1-5-2-6(4-10-11)8-3-7(5)9;/h2-3,8-9H,1,4,11H2;. The van der Waals surface area contributed by atoms with Crippen LogP contribution in [-0.2, 0) is 37.2 Å². The van der Waals surface area contributed by atoms with Crippen LogP contribution in [0.3, 0.4) is 0 Å². The summed E-state index contributed by atoms with van der Waals surface area (Å²) in [6.07, 6.45) is 3.22. The average Bonchev–Trinajstić information content (AvgIpc) is 1.98. The van der Waals surface area contributed by atoms with Crippen LogP contribution in [0, 0.1) is 0 Å². The zero-order valence-electron chi connectivity index (χ0n) is 6.58. The van der Waals surface area contributed by atoms with E-state index in [1.807, 2.05) is 0 Å². The molecule has 0 fully saturated rings. The van der Waals surface area contributed by atoms with Gasteiger partial charge in [0.05, 0.1) is 6.61 Å². The van der Waals surface area contributed by atoms with Gasteiger partial charge in [-0.25, -0.2) is 0 Å². The van der Waals surface area contributed by atoms with Gasteiger partial charge >= 0.3 is 0 Å². The van der Waals surface area contributed by atoms with Crippen molar-refractivity contribution in [3.8, 4) is 0 Å². The fourth-order valence-electron chi connectivity index (χ4n) is 0.753. The summed E-state index contributed by atoms with van der Waals surface area (Å²) < 4.78 is 4.80. The fraction of sp³-hybridized carbons (Fsp3) is 0.143. The first-order chi connectivity index (χ1) is 5.24. The van der Waals surface area contributed by atoms with Crippen LogP contribution in [0.4, 0.5) is 0 Å². The third kappa shape index (κ3) is 3.36. The molecule has 12 heavy (non-hydrogen) atoms. The van der Waals surface area contributed by atoms with E-state index < -0.39 is 0 Å². The predicted octanol–water partition coefficient (Wildman–Crippen LogP) is 1.23. The van der Waals surface area contributed by atoms with E-state index in [1.54, 1.807) is 6.08 Å². The molecule has 0 spiro atoms. The number of aliphatic hydroxyl groups is 1. The molecule has 1 atom stereocenters. The van der Waals surface area contributed by atoms with Gasteiger partial charge in [-0.15, -0.1) is 0 Å². The van der Waals surface area contributed by atoms with E-state index in [2.05, 4.69) is 21.4 Å². The number of allylic oxidation sites excluding steroid dienone is 1. The van der Waals surface area contributed by atoms with Crippen molar-refractivity contribution in [1.29, 1.82) is 0 Å². The Morgan fingerprint density at radius 3 is 2.83 bits per heavy atom. The van der Waals surface area contributed by atoms with Crippen molar-refractivity contribution >= 4 is 9.47 Å². The van der Waals surface area contributed by atoms with E-state index in [9.17, 15) is 0 Å². The molecule has 3 nitrogen and oxygen atoms in total. The Labute approximate surface area is 99.1 Å². The molecule has 1 rings (SSSR count). The van der Waals surface area contributed by atoms with Crippen molar-refractivity contribution in [3.05, 3.63) is 35.9 Å². The summed E-state index contributed by atoms with van der Waals surface area (Å²) in [4.78, 5) is 0. The van der Waals surface area contributed by atoms with Crippen LogP contribution >= 0.6 is 9.47 Å². The zero-order valence-corrected chi connectivity index (χ0v) is 10.6. The molecule has 0 aliphatic carbocycles. The van der Waals surface area contributed by atoms with Crippen LogP contribution in [0.5, 0.6) is 0 Å². The number of hydrogen-bond donors (Lipinski definition) is 2. The van der Waals surface area contributed by atoms with E-state index in [1.165, 1.54) is 6.20 Å². The van der Waals surface area contributed by atoms with Gasteiger partial charge in [0.1, 0.15) is 5.76 Å². The summed E-state index contributed by atoms with van der Waals surface area (Å²) in [5, 5.41) is 11.9. The number of aliphatic hydroxyl groups excluding tert-OH is 1. The summed E-state index contributed by atoms with van der Waals surface area (Å²) in [5.74, 6) is 0.164. The molecule has 1 radical (unpaired) electrons. The molecule has 2 N–H and O–H groups in total. The van der Waals surface area contributed by atoms with E-state index in [0.29, 0.717) is 12.2 Å². The maximum absolute atomic E-state index is 9.07. The molecular formula is C7H10NO2PY. The molecule has 0 aromatic heterocycles. The van der Waals surface area contributed by atoms with Crippen molar-refractivity contribution in [2.45, 2.75) is 0 Å². The largest absolute Gasteiger partial charge is 0.506 e. The average molecular weight is 260 g/mol. The summed E-state index contributed by atoms with van der Waals surface area (Å²) >= 11 is 0. The van der Waals surface area contributed by atoms with Gasteiger partial charge in [-0.05, 0) is 6.08 Å². The van der Waals surface area contributed by atoms with Crippen LogP contribution in [0.1, 0.15) is 0 Å². The molecule has 1 heterocycles. The van der Waals surface area contributed by atoms with Crippen LogP contribution in [-0.4, -0.2) is 11.7 Å². The number of nitrogens with one attached hydrogen (secondary N) is 1. The van der Waals surface area contributed by atoms with Crippen molar-refractivity contribution in [2.75, 3.05) is 6.61 Å². The number of rotatable bonds is 2. The van der Waals surface area contributed by atoms with Gasteiger partial charge in [-0.2, -0.15) is 0 Å². The van der Waals surface area contributed by atoms with Gasteiger partial charge in [0.25, 0.3) is 0 Å². The van der Waals surface area contributed by atoms with Gasteiger partial charge in [-0.1, -0.05) is 6.58 Å². The number of dihydropyridines is 1. The minimum atomic E-state index is 0. The van der Waals surface area contributed by atoms with E-state index in [4.69, 9.17) is 9.63 Å². The molecule has 0 saturated carbocycles. The van der Waals surface area contributed by atoms with Crippen LogP contribution in [0.15, 0.2) is 35.9 Å². The van der Waals surface area contributed by atoms with Gasteiger partial charge in [0, 0.05) is 59.6 Å². The van der Waals surface area contributed by atoms with Gasteiger partial charge in [0.15, 0.2) is 0 Å². The Hall–Kier alpha value is 0.314. The van der Waals surface area contributed by atoms with Crippen LogP contribution < -0.4 is 5.32 Å². The summed E-state index contributed by atoms with van der Waals surface area (Å²) in [5.41, 5.74) is 1.48. The quantitative estimate of drug-likeness (QED) is 0.734. The van der Waals surface area contributed by atoms with Crippen LogP contribution in [0.25, 0.3) is 0 Å². The molecule has 63 valence electrons. The second-order valence-electron chi connectivity index (χ2n) is 2.18. The third-order valence-electron chi connectivity index (χ3n) is 1.31. The Balaban J connectivity index is 0.00000121. The van der Waals surface area contributed by atoms with Gasteiger partial charge in [0.2, 0.25) is 0 Å². The first kappa shape index (κ1) is 12.3. The van der Waals surface area contributed by atoms with Crippen molar-refractivity contribution in [2.24, 2.45) is 0 Å². The molecule has 0 aromatic rings. The molecule has 1 aliphatic heterocycles. The normalized spacial score (nSPS) is 15.6. The smallest absolute Gasteiger partial charge is 0.138 e. The molecule has 0 aromatic carbocycles. The number of hydrogen-bond acceptors (Lipinski definition) is 3. The van der Waals surface area contributed by atoms with E-state index in [-0.39, 0.29) is 38.5 Å². The van der Waals surface area contributed by atoms with Crippen molar-refractivity contribution in [3.63, 3.8) is 0 Å². The van der Waals surface area contributed by atoms with Gasteiger partial charge in [-0.3, -0.25) is 0 Å². The Kier molecular flexibility index (Phi) is 6.03. The molecule has 0 amide bonds. The predicted molar refractivity (Wildman–Crippen MR) is 46.7 cm³/mol. The maximum Gasteiger partial charge on any atom is 0.138 e. The van der Waals surface area contributed by atoms with E-state index >= 15 is 0 Å². The molecule has 1 aliphatic rings. The maximum atomic E-state index is 9.07. The minimum Gasteiger partial charge on any atom is -0.506 e. The SMILES string of the molecule is C=C1C=C(COP)NC=C1O.[Y].